The summed E-state index contributed by atoms with van der Waals surface area (Å²) in [4.78, 5) is 10.1. The van der Waals surface area contributed by atoms with Crippen LogP contribution >= 0.6 is 0 Å². The van der Waals surface area contributed by atoms with Gasteiger partial charge in [-0.3, -0.25) is 0 Å². The van der Waals surface area contributed by atoms with E-state index < -0.39 is 0 Å². The molecule has 0 radical (unpaired) electrons. The van der Waals surface area contributed by atoms with Crippen molar-refractivity contribution in [3.8, 4) is 11.5 Å². The van der Waals surface area contributed by atoms with Gasteiger partial charge in [-0.2, -0.15) is 0 Å². The molecule has 0 bridgehead atoms. The van der Waals surface area contributed by atoms with Crippen molar-refractivity contribution in [1.29, 1.82) is 0 Å². The van der Waals surface area contributed by atoms with Gasteiger partial charge >= 0.3 is 0 Å². The summed E-state index contributed by atoms with van der Waals surface area (Å²) in [7, 11) is 1.63. The Bertz CT molecular complexity index is 295. The summed E-state index contributed by atoms with van der Waals surface area (Å²) in [5, 5.41) is 0. The Kier molecular flexibility index (Phi) is 8.78. The van der Waals surface area contributed by atoms with E-state index in [-0.39, 0.29) is 7.43 Å². The van der Waals surface area contributed by atoms with Gasteiger partial charge in [-0.15, -0.1) is 0 Å². The first-order valence-electron chi connectivity index (χ1n) is 5.15. The molecule has 17 heavy (non-hydrogen) atoms. The molecular weight excluding hydrogens is 220 g/mol. The Balaban J connectivity index is 0.00000256. The van der Waals surface area contributed by atoms with E-state index >= 15 is 0 Å². The summed E-state index contributed by atoms with van der Waals surface area (Å²) in [6, 6.07) is 7.28. The molecular formula is C13H20O4. The van der Waals surface area contributed by atoms with Gasteiger partial charge in [0.05, 0.1) is 13.2 Å². The van der Waals surface area contributed by atoms with Crippen LogP contribution in [0, 0.1) is 0 Å². The van der Waals surface area contributed by atoms with E-state index in [0.29, 0.717) is 26.2 Å². The number of hydrogen-bond acceptors (Lipinski definition) is 4. The van der Waals surface area contributed by atoms with Gasteiger partial charge in [0, 0.05) is 13.5 Å². The third kappa shape index (κ3) is 6.58. The number of benzene rings is 1. The van der Waals surface area contributed by atoms with Crippen molar-refractivity contribution in [1.82, 2.24) is 0 Å². The average molecular weight is 240 g/mol. The van der Waals surface area contributed by atoms with Crippen LogP contribution in [0.3, 0.4) is 0 Å². The first-order valence-corrected chi connectivity index (χ1v) is 5.15. The molecule has 1 rings (SSSR count). The summed E-state index contributed by atoms with van der Waals surface area (Å²) in [6.07, 6.45) is 1.24. The van der Waals surface area contributed by atoms with Crippen LogP contribution < -0.4 is 9.47 Å². The van der Waals surface area contributed by atoms with E-state index in [1.807, 2.05) is 24.3 Å². The number of ether oxygens (including phenoxy) is 3. The maximum atomic E-state index is 10.1. The molecule has 0 heterocycles. The van der Waals surface area contributed by atoms with Crippen molar-refractivity contribution in [3.05, 3.63) is 24.3 Å². The van der Waals surface area contributed by atoms with Crippen LogP contribution in [-0.4, -0.2) is 33.2 Å². The molecule has 0 unspecified atom stereocenters. The molecule has 4 nitrogen and oxygen atoms in total. The summed E-state index contributed by atoms with van der Waals surface area (Å²) in [5.41, 5.74) is 0. The highest BCUT2D eigenvalue weighted by atomic mass is 16.5. The molecule has 0 saturated heterocycles. The summed E-state index contributed by atoms with van der Waals surface area (Å²) in [5.74, 6) is 1.51. The minimum absolute atomic E-state index is 0. The molecule has 1 aromatic carbocycles. The van der Waals surface area contributed by atoms with E-state index in [1.54, 1.807) is 7.11 Å². The third-order valence-electron chi connectivity index (χ3n) is 1.88. The first kappa shape index (κ1) is 15.4. The van der Waals surface area contributed by atoms with Gasteiger partial charge in [0.1, 0.15) is 24.4 Å². The van der Waals surface area contributed by atoms with Crippen molar-refractivity contribution in [2.75, 3.05) is 26.9 Å². The van der Waals surface area contributed by atoms with Crippen molar-refractivity contribution < 1.29 is 19.0 Å². The predicted octanol–water partition coefficient (Wildman–Crippen LogP) is 2.32. The molecule has 0 atom stereocenters. The zero-order valence-electron chi connectivity index (χ0n) is 9.35. The van der Waals surface area contributed by atoms with Crippen LogP contribution in [0.4, 0.5) is 0 Å². The number of carbonyl (C=O) groups excluding carboxylic acids is 1. The first-order chi connectivity index (χ1) is 7.86. The summed E-state index contributed by atoms with van der Waals surface area (Å²) >= 11 is 0. The Morgan fingerprint density at radius 1 is 1.00 bits per heavy atom. The highest BCUT2D eigenvalue weighted by molar-refractivity contribution is 5.49. The average Bonchev–Trinajstić information content (AvgIpc) is 2.32. The van der Waals surface area contributed by atoms with Gasteiger partial charge in [-0.25, -0.2) is 0 Å². The number of carbonyl (C=O) groups is 1. The lowest BCUT2D eigenvalue weighted by Gasteiger charge is -2.07. The van der Waals surface area contributed by atoms with Gasteiger partial charge in [-0.05, 0) is 24.3 Å². The standard InChI is InChI=1S/C12H16O4.CH4/c1-14-9-10-16-12-5-3-11(4-6-12)15-8-2-7-13;/h3-7H,2,8-10H2,1H3;1H4. The SMILES string of the molecule is C.COCCOc1ccc(OCCC=O)cc1. The van der Waals surface area contributed by atoms with Gasteiger partial charge in [0.15, 0.2) is 0 Å². The molecule has 4 heteroatoms. The summed E-state index contributed by atoms with van der Waals surface area (Å²) < 4.78 is 15.6. The lowest BCUT2D eigenvalue weighted by Crippen LogP contribution is -2.04. The Labute approximate surface area is 102 Å². The molecule has 0 aliphatic heterocycles. The lowest BCUT2D eigenvalue weighted by molar-refractivity contribution is -0.108. The maximum Gasteiger partial charge on any atom is 0.123 e. The molecule has 0 spiro atoms. The van der Waals surface area contributed by atoms with Crippen molar-refractivity contribution in [2.24, 2.45) is 0 Å². The zero-order chi connectivity index (χ0) is 11.6. The Morgan fingerprint density at radius 2 is 1.53 bits per heavy atom. The molecule has 0 aromatic heterocycles. The van der Waals surface area contributed by atoms with Crippen LogP contribution in [0.5, 0.6) is 11.5 Å². The molecule has 0 aliphatic rings. The molecule has 0 aliphatic carbocycles. The van der Waals surface area contributed by atoms with Crippen molar-refractivity contribution in [3.63, 3.8) is 0 Å². The van der Waals surface area contributed by atoms with E-state index in [9.17, 15) is 4.79 Å². The zero-order valence-corrected chi connectivity index (χ0v) is 9.35. The molecule has 96 valence electrons. The molecule has 0 saturated carbocycles. The molecule has 0 N–H and O–H groups in total. The predicted molar refractivity (Wildman–Crippen MR) is 66.7 cm³/mol. The van der Waals surface area contributed by atoms with E-state index in [2.05, 4.69) is 0 Å². The van der Waals surface area contributed by atoms with Gasteiger partial charge in [0.25, 0.3) is 0 Å². The smallest absolute Gasteiger partial charge is 0.123 e. The van der Waals surface area contributed by atoms with E-state index in [1.165, 1.54) is 0 Å². The number of hydrogen-bond donors (Lipinski definition) is 0. The fraction of sp³-hybridized carbons (Fsp3) is 0.462. The largest absolute Gasteiger partial charge is 0.493 e. The minimum atomic E-state index is 0. The quantitative estimate of drug-likeness (QED) is 0.516. The maximum absolute atomic E-state index is 10.1. The fourth-order valence-corrected chi connectivity index (χ4v) is 1.10. The van der Waals surface area contributed by atoms with Gasteiger partial charge in [-0.1, -0.05) is 7.43 Å². The topological polar surface area (TPSA) is 44.8 Å². The van der Waals surface area contributed by atoms with Crippen LogP contribution in [0.1, 0.15) is 13.8 Å². The van der Waals surface area contributed by atoms with E-state index in [0.717, 1.165) is 17.8 Å². The monoisotopic (exact) mass is 240 g/mol. The fourth-order valence-electron chi connectivity index (χ4n) is 1.10. The van der Waals surface area contributed by atoms with Gasteiger partial charge in [0.2, 0.25) is 0 Å². The minimum Gasteiger partial charge on any atom is -0.493 e. The molecule has 0 amide bonds. The van der Waals surface area contributed by atoms with Gasteiger partial charge < -0.3 is 19.0 Å². The van der Waals surface area contributed by atoms with Crippen LogP contribution in [0.15, 0.2) is 24.3 Å². The van der Waals surface area contributed by atoms with Crippen molar-refractivity contribution >= 4 is 6.29 Å². The number of methoxy groups -OCH3 is 1. The van der Waals surface area contributed by atoms with Crippen LogP contribution in [0.25, 0.3) is 0 Å². The Morgan fingerprint density at radius 3 is 2.00 bits per heavy atom. The second-order valence-electron chi connectivity index (χ2n) is 3.12. The van der Waals surface area contributed by atoms with E-state index in [4.69, 9.17) is 14.2 Å². The summed E-state index contributed by atoms with van der Waals surface area (Å²) in [6.45, 7) is 1.51. The van der Waals surface area contributed by atoms with Crippen LogP contribution in [0.2, 0.25) is 0 Å². The number of rotatable bonds is 8. The van der Waals surface area contributed by atoms with Crippen molar-refractivity contribution in [2.45, 2.75) is 13.8 Å². The van der Waals surface area contributed by atoms with Crippen LogP contribution in [-0.2, 0) is 9.53 Å². The highest BCUT2D eigenvalue weighted by Crippen LogP contribution is 2.17. The molecule has 1 aromatic rings. The molecule has 0 fully saturated rings. The Hall–Kier alpha value is -1.55. The second-order valence-corrected chi connectivity index (χ2v) is 3.12. The lowest BCUT2D eigenvalue weighted by atomic mass is 10.3. The second kappa shape index (κ2) is 9.66. The highest BCUT2D eigenvalue weighted by Gasteiger charge is 1.96. The number of aldehydes is 1. The third-order valence-corrected chi connectivity index (χ3v) is 1.88. The normalized spacial score (nSPS) is 9.24.